The van der Waals surface area contributed by atoms with Gasteiger partial charge in [0.25, 0.3) is 0 Å². The summed E-state index contributed by atoms with van der Waals surface area (Å²) in [7, 11) is -5.98. The highest BCUT2D eigenvalue weighted by molar-refractivity contribution is 7.89. The number of para-hydroxylation sites is 1. The van der Waals surface area contributed by atoms with E-state index in [1.165, 1.54) is 12.1 Å². The Morgan fingerprint density at radius 3 is 2.10 bits per heavy atom. The quantitative estimate of drug-likeness (QED) is 0.172. The largest absolute Gasteiger partial charge is 0.475 e. The number of rotatable bonds is 14. The first kappa shape index (κ1) is 31.0. The lowest BCUT2D eigenvalue weighted by Crippen LogP contribution is -2.50. The van der Waals surface area contributed by atoms with Crippen LogP contribution in [-0.4, -0.2) is 49.8 Å². The van der Waals surface area contributed by atoms with Crippen molar-refractivity contribution in [2.75, 3.05) is 6.54 Å². The van der Waals surface area contributed by atoms with E-state index in [2.05, 4.69) is 10.0 Å². The van der Waals surface area contributed by atoms with Crippen LogP contribution in [0.25, 0.3) is 0 Å². The highest BCUT2D eigenvalue weighted by Crippen LogP contribution is 2.22. The van der Waals surface area contributed by atoms with Gasteiger partial charge in [-0.2, -0.15) is 0 Å². The molecule has 3 aromatic rings. The molecule has 0 spiro atoms. The molecule has 0 saturated heterocycles. The van der Waals surface area contributed by atoms with Crippen molar-refractivity contribution in [3.05, 3.63) is 90.2 Å². The summed E-state index contributed by atoms with van der Waals surface area (Å²) in [5.74, 6) is -2.84. The number of amides is 1. The van der Waals surface area contributed by atoms with E-state index in [1.54, 1.807) is 24.3 Å². The predicted molar refractivity (Wildman–Crippen MR) is 149 cm³/mol. The van der Waals surface area contributed by atoms with E-state index in [1.807, 2.05) is 32.0 Å². The number of Topliss-reactive ketones (excluding diaryl/α,β-unsaturated/α-hetero) is 1. The zero-order valence-corrected chi connectivity index (χ0v) is 23.0. The van der Waals surface area contributed by atoms with Crippen molar-refractivity contribution in [1.82, 2.24) is 10.0 Å². The van der Waals surface area contributed by atoms with Gasteiger partial charge in [-0.1, -0.05) is 32.0 Å². The first-order valence-corrected chi connectivity index (χ1v) is 14.2. The van der Waals surface area contributed by atoms with Gasteiger partial charge in [-0.05, 0) is 73.0 Å². The van der Waals surface area contributed by atoms with E-state index in [9.17, 15) is 32.4 Å². The summed E-state index contributed by atoms with van der Waals surface area (Å²) in [4.78, 5) is 26.1. The van der Waals surface area contributed by atoms with E-state index < -0.39 is 53.1 Å². The van der Waals surface area contributed by atoms with Crippen molar-refractivity contribution < 1.29 is 37.2 Å². The number of carbonyl (C=O) groups is 2. The fourth-order valence-electron chi connectivity index (χ4n) is 3.90. The molecule has 0 saturated carbocycles. The molecule has 0 unspecified atom stereocenters. The van der Waals surface area contributed by atoms with Crippen LogP contribution in [0.15, 0.2) is 83.8 Å². The molecule has 2 atom stereocenters. The minimum atomic E-state index is -4.13. The van der Waals surface area contributed by atoms with E-state index in [0.29, 0.717) is 11.5 Å². The van der Waals surface area contributed by atoms with Crippen LogP contribution in [0.1, 0.15) is 37.0 Å². The van der Waals surface area contributed by atoms with Crippen LogP contribution in [0.5, 0.6) is 11.5 Å². The van der Waals surface area contributed by atoms with E-state index in [0.717, 1.165) is 24.3 Å². The summed E-state index contributed by atoms with van der Waals surface area (Å²) in [6.07, 6.45) is -0.124. The van der Waals surface area contributed by atoms with Crippen molar-refractivity contribution >= 4 is 28.8 Å². The summed E-state index contributed by atoms with van der Waals surface area (Å²) in [5.41, 5.74) is 0.278. The SMILES string of the molecule is CC(C)C[C@H](NC(=O)[C@H](CNS(=O)(=O)c1ccc(F)cc1)CC(=O)c1ccc(Oc2ccccc2)cc1)B(O)O. The molecule has 0 aliphatic rings. The van der Waals surface area contributed by atoms with Gasteiger partial charge in [0, 0.05) is 18.5 Å². The van der Waals surface area contributed by atoms with Gasteiger partial charge in [0.2, 0.25) is 15.9 Å². The van der Waals surface area contributed by atoms with Crippen LogP contribution in [0.4, 0.5) is 4.39 Å². The first-order chi connectivity index (χ1) is 18.9. The van der Waals surface area contributed by atoms with Gasteiger partial charge in [0.1, 0.15) is 17.3 Å². The molecule has 0 fully saturated rings. The number of hydrogen-bond donors (Lipinski definition) is 4. The van der Waals surface area contributed by atoms with Crippen molar-refractivity contribution in [2.24, 2.45) is 11.8 Å². The zero-order valence-electron chi connectivity index (χ0n) is 22.2. The van der Waals surface area contributed by atoms with Crippen molar-refractivity contribution in [2.45, 2.75) is 37.5 Å². The Morgan fingerprint density at radius 2 is 1.52 bits per heavy atom. The molecule has 0 aromatic heterocycles. The Kier molecular flexibility index (Phi) is 11.0. The lowest BCUT2D eigenvalue weighted by Gasteiger charge is -2.23. The predicted octanol–water partition coefficient (Wildman–Crippen LogP) is 3.33. The van der Waals surface area contributed by atoms with Gasteiger partial charge in [0.15, 0.2) is 5.78 Å². The minimum absolute atomic E-state index is 0.0146. The third-order valence-corrected chi connectivity index (χ3v) is 7.45. The summed E-state index contributed by atoms with van der Waals surface area (Å²) < 4.78 is 46.8. The Bertz CT molecular complexity index is 1370. The second-order valence-corrected chi connectivity index (χ2v) is 11.5. The third-order valence-electron chi connectivity index (χ3n) is 6.01. The van der Waals surface area contributed by atoms with Gasteiger partial charge >= 0.3 is 7.12 Å². The number of ketones is 1. The van der Waals surface area contributed by atoms with Crippen LogP contribution >= 0.6 is 0 Å². The monoisotopic (exact) mass is 570 g/mol. The van der Waals surface area contributed by atoms with E-state index >= 15 is 0 Å². The summed E-state index contributed by atoms with van der Waals surface area (Å²) in [6, 6.07) is 19.5. The smallest absolute Gasteiger partial charge is 0.457 e. The average Bonchev–Trinajstić information content (AvgIpc) is 2.91. The maximum Gasteiger partial charge on any atom is 0.475 e. The van der Waals surface area contributed by atoms with Crippen molar-refractivity contribution in [1.29, 1.82) is 0 Å². The number of carbonyl (C=O) groups excluding carboxylic acids is 2. The van der Waals surface area contributed by atoms with Crippen molar-refractivity contribution in [3.8, 4) is 11.5 Å². The topological polar surface area (TPSA) is 142 Å². The maximum atomic E-state index is 13.3. The number of benzene rings is 3. The van der Waals surface area contributed by atoms with Gasteiger partial charge in [0.05, 0.1) is 16.8 Å². The molecule has 212 valence electrons. The zero-order chi connectivity index (χ0) is 29.3. The standard InChI is InChI=1S/C28H32BFN2O7S/c1-19(2)16-27(29(35)36)32-28(34)21(18-31-40(37,38)25-14-10-22(30)11-15-25)17-26(33)20-8-12-24(13-9-20)39-23-6-4-3-5-7-23/h3-15,19,21,27,31,35-36H,16-18H2,1-2H3,(H,32,34)/t21-,27-/m0/s1. The van der Waals surface area contributed by atoms with Crippen LogP contribution in [-0.2, 0) is 14.8 Å². The molecule has 3 rings (SSSR count). The van der Waals surface area contributed by atoms with Crippen LogP contribution in [0, 0.1) is 17.7 Å². The number of ether oxygens (including phenoxy) is 1. The normalized spacial score (nSPS) is 12.9. The third kappa shape index (κ3) is 9.27. The summed E-state index contributed by atoms with van der Waals surface area (Å²) in [6.45, 7) is 3.22. The van der Waals surface area contributed by atoms with Crippen LogP contribution in [0.3, 0.4) is 0 Å². The number of halogens is 1. The minimum Gasteiger partial charge on any atom is -0.457 e. The Morgan fingerprint density at radius 1 is 0.925 bits per heavy atom. The second-order valence-electron chi connectivity index (χ2n) is 9.73. The Balaban J connectivity index is 1.76. The number of hydrogen-bond acceptors (Lipinski definition) is 7. The molecule has 4 N–H and O–H groups in total. The molecule has 0 aliphatic heterocycles. The molecular weight excluding hydrogens is 538 g/mol. The maximum absolute atomic E-state index is 13.3. The summed E-state index contributed by atoms with van der Waals surface area (Å²) in [5, 5.41) is 22.0. The number of nitrogens with one attached hydrogen (secondary N) is 2. The molecule has 40 heavy (non-hydrogen) atoms. The lowest BCUT2D eigenvalue weighted by atomic mass is 9.74. The highest BCUT2D eigenvalue weighted by atomic mass is 32.2. The van der Waals surface area contributed by atoms with Gasteiger partial charge in [-0.15, -0.1) is 0 Å². The fourth-order valence-corrected chi connectivity index (χ4v) is 4.99. The van der Waals surface area contributed by atoms with Crippen LogP contribution in [0.2, 0.25) is 0 Å². The Hall–Kier alpha value is -3.58. The van der Waals surface area contributed by atoms with Crippen molar-refractivity contribution in [3.63, 3.8) is 0 Å². The highest BCUT2D eigenvalue weighted by Gasteiger charge is 2.31. The number of sulfonamides is 1. The lowest BCUT2D eigenvalue weighted by molar-refractivity contribution is -0.125. The van der Waals surface area contributed by atoms with E-state index in [-0.39, 0.29) is 29.2 Å². The van der Waals surface area contributed by atoms with E-state index in [4.69, 9.17) is 4.74 Å². The average molecular weight is 570 g/mol. The van der Waals surface area contributed by atoms with Crippen LogP contribution < -0.4 is 14.8 Å². The first-order valence-electron chi connectivity index (χ1n) is 12.7. The molecule has 1 amide bonds. The second kappa shape index (κ2) is 14.2. The molecule has 0 heterocycles. The van der Waals surface area contributed by atoms with Gasteiger partial charge in [-0.25, -0.2) is 17.5 Å². The molecule has 9 nitrogen and oxygen atoms in total. The summed E-state index contributed by atoms with van der Waals surface area (Å²) >= 11 is 0. The fraction of sp³-hybridized carbons (Fsp3) is 0.286. The molecule has 0 radical (unpaired) electrons. The molecule has 0 bridgehead atoms. The molecule has 3 aromatic carbocycles. The van der Waals surface area contributed by atoms with Gasteiger partial charge < -0.3 is 20.1 Å². The molecule has 0 aliphatic carbocycles. The Labute approximate surface area is 233 Å². The molecular formula is C28H32BFN2O7S. The van der Waals surface area contributed by atoms with Gasteiger partial charge in [-0.3, -0.25) is 9.59 Å². The molecule has 12 heteroatoms.